The molecule has 2 aliphatic heterocycles. The molecule has 0 atom stereocenters. The summed E-state index contributed by atoms with van der Waals surface area (Å²) >= 11 is 0. The smallest absolute Gasteiger partial charge is 0.236 e. The molecule has 28 heavy (non-hydrogen) atoms. The Hall–Kier alpha value is -1.47. The van der Waals surface area contributed by atoms with Gasteiger partial charge in [-0.3, -0.25) is 9.69 Å². The zero-order valence-corrected chi connectivity index (χ0v) is 18.9. The van der Waals surface area contributed by atoms with Crippen molar-refractivity contribution in [2.24, 2.45) is 4.99 Å². The second-order valence-corrected chi connectivity index (χ2v) is 6.66. The first-order valence-corrected chi connectivity index (χ1v) is 9.56. The summed E-state index contributed by atoms with van der Waals surface area (Å²) in [4.78, 5) is 27.5. The Morgan fingerprint density at radius 2 is 1.86 bits per heavy atom. The average Bonchev–Trinajstić information content (AvgIpc) is 3.12. The number of ether oxygens (including phenoxy) is 1. The van der Waals surface area contributed by atoms with Crippen LogP contribution in [-0.2, 0) is 16.1 Å². The van der Waals surface area contributed by atoms with E-state index in [4.69, 9.17) is 9.26 Å². The van der Waals surface area contributed by atoms with Crippen molar-refractivity contribution in [2.75, 3.05) is 65.6 Å². The van der Waals surface area contributed by atoms with Crippen molar-refractivity contribution in [3.63, 3.8) is 0 Å². The molecule has 0 saturated carbocycles. The SMILES string of the molecule is CCNC(=NCc1noc(C)n1)N1CCN(CC(=O)N2CCOCC2)CC1.I. The number of rotatable bonds is 5. The summed E-state index contributed by atoms with van der Waals surface area (Å²) in [6.45, 7) is 11.5. The lowest BCUT2D eigenvalue weighted by Gasteiger charge is -2.37. The van der Waals surface area contributed by atoms with Gasteiger partial charge in [-0.1, -0.05) is 5.16 Å². The van der Waals surface area contributed by atoms with Gasteiger partial charge in [0.25, 0.3) is 0 Å². The second-order valence-electron chi connectivity index (χ2n) is 6.66. The minimum atomic E-state index is 0. The summed E-state index contributed by atoms with van der Waals surface area (Å²) in [6, 6.07) is 0. The monoisotopic (exact) mass is 507 g/mol. The van der Waals surface area contributed by atoms with Crippen LogP contribution in [0, 0.1) is 6.92 Å². The normalized spacial score (nSPS) is 18.7. The fourth-order valence-electron chi connectivity index (χ4n) is 3.20. The summed E-state index contributed by atoms with van der Waals surface area (Å²) < 4.78 is 10.3. The molecule has 2 aliphatic rings. The molecule has 1 aromatic rings. The number of guanidine groups is 1. The van der Waals surface area contributed by atoms with Crippen molar-refractivity contribution < 1.29 is 14.1 Å². The van der Waals surface area contributed by atoms with Crippen LogP contribution in [0.15, 0.2) is 9.52 Å². The maximum atomic E-state index is 12.4. The number of aromatic nitrogens is 2. The Morgan fingerprint density at radius 3 is 2.46 bits per heavy atom. The fraction of sp³-hybridized carbons (Fsp3) is 0.765. The van der Waals surface area contributed by atoms with Gasteiger partial charge in [0.2, 0.25) is 11.8 Å². The number of nitrogens with one attached hydrogen (secondary N) is 1. The number of carbonyl (C=O) groups excluding carboxylic acids is 1. The summed E-state index contributed by atoms with van der Waals surface area (Å²) in [5.41, 5.74) is 0. The molecule has 1 amide bonds. The molecule has 2 saturated heterocycles. The van der Waals surface area contributed by atoms with Crippen molar-refractivity contribution in [3.05, 3.63) is 11.7 Å². The molecule has 0 aromatic carbocycles. The third-order valence-corrected chi connectivity index (χ3v) is 4.67. The molecule has 0 aliphatic carbocycles. The van der Waals surface area contributed by atoms with E-state index in [1.54, 1.807) is 6.92 Å². The van der Waals surface area contributed by atoms with E-state index < -0.39 is 0 Å². The van der Waals surface area contributed by atoms with Gasteiger partial charge in [0.1, 0.15) is 6.54 Å². The maximum Gasteiger partial charge on any atom is 0.236 e. The van der Waals surface area contributed by atoms with Crippen LogP contribution in [0.3, 0.4) is 0 Å². The average molecular weight is 507 g/mol. The van der Waals surface area contributed by atoms with Gasteiger partial charge in [0.05, 0.1) is 19.8 Å². The molecule has 11 heteroatoms. The number of carbonyl (C=O) groups is 1. The molecule has 0 spiro atoms. The Bertz CT molecular complexity index is 640. The van der Waals surface area contributed by atoms with Crippen LogP contribution < -0.4 is 5.32 Å². The van der Waals surface area contributed by atoms with Gasteiger partial charge in [-0.05, 0) is 6.92 Å². The van der Waals surface area contributed by atoms with Gasteiger partial charge >= 0.3 is 0 Å². The number of hydrogen-bond donors (Lipinski definition) is 1. The lowest BCUT2D eigenvalue weighted by Crippen LogP contribution is -2.54. The van der Waals surface area contributed by atoms with E-state index in [9.17, 15) is 4.79 Å². The molecule has 1 N–H and O–H groups in total. The molecule has 0 bridgehead atoms. The quantitative estimate of drug-likeness (QED) is 0.336. The number of aliphatic imine (C=N–C) groups is 1. The van der Waals surface area contributed by atoms with Crippen LogP contribution >= 0.6 is 24.0 Å². The first kappa shape index (κ1) is 22.8. The summed E-state index contributed by atoms with van der Waals surface area (Å²) in [6.07, 6.45) is 0. The van der Waals surface area contributed by atoms with Gasteiger partial charge in [-0.15, -0.1) is 24.0 Å². The number of aryl methyl sites for hydroxylation is 1. The van der Waals surface area contributed by atoms with Crippen LogP contribution in [0.4, 0.5) is 0 Å². The van der Waals surface area contributed by atoms with E-state index in [1.807, 2.05) is 11.8 Å². The Morgan fingerprint density at radius 1 is 1.14 bits per heavy atom. The largest absolute Gasteiger partial charge is 0.378 e. The van der Waals surface area contributed by atoms with E-state index in [0.29, 0.717) is 51.1 Å². The number of amides is 1. The van der Waals surface area contributed by atoms with Crippen molar-refractivity contribution in [3.8, 4) is 0 Å². The topological polar surface area (TPSA) is 99.3 Å². The lowest BCUT2D eigenvalue weighted by atomic mass is 10.3. The minimum Gasteiger partial charge on any atom is -0.378 e. The maximum absolute atomic E-state index is 12.4. The van der Waals surface area contributed by atoms with Gasteiger partial charge < -0.3 is 24.4 Å². The Balaban J connectivity index is 0.00000280. The Labute approximate surface area is 182 Å². The first-order chi connectivity index (χ1) is 13.2. The predicted molar refractivity (Wildman–Crippen MR) is 115 cm³/mol. The van der Waals surface area contributed by atoms with Gasteiger partial charge in [0, 0.05) is 52.7 Å². The zero-order chi connectivity index (χ0) is 19.1. The second kappa shape index (κ2) is 11.5. The van der Waals surface area contributed by atoms with E-state index in [1.165, 1.54) is 0 Å². The van der Waals surface area contributed by atoms with Crippen LogP contribution in [0.5, 0.6) is 0 Å². The third-order valence-electron chi connectivity index (χ3n) is 4.67. The first-order valence-electron chi connectivity index (χ1n) is 9.56. The van der Waals surface area contributed by atoms with Gasteiger partial charge in [-0.25, -0.2) is 4.99 Å². The van der Waals surface area contributed by atoms with Crippen LogP contribution in [0.1, 0.15) is 18.6 Å². The van der Waals surface area contributed by atoms with Crippen LogP contribution in [0.25, 0.3) is 0 Å². The highest BCUT2D eigenvalue weighted by molar-refractivity contribution is 14.0. The molecule has 10 nitrogen and oxygen atoms in total. The highest BCUT2D eigenvalue weighted by atomic mass is 127. The molecule has 3 rings (SSSR count). The van der Waals surface area contributed by atoms with Crippen LogP contribution in [0.2, 0.25) is 0 Å². The minimum absolute atomic E-state index is 0. The zero-order valence-electron chi connectivity index (χ0n) is 16.6. The molecule has 158 valence electrons. The molecule has 1 aromatic heterocycles. The fourth-order valence-corrected chi connectivity index (χ4v) is 3.20. The summed E-state index contributed by atoms with van der Waals surface area (Å²) in [5.74, 6) is 2.17. The molecule has 2 fully saturated rings. The van der Waals surface area contributed by atoms with E-state index >= 15 is 0 Å². The van der Waals surface area contributed by atoms with Gasteiger partial charge in [-0.2, -0.15) is 4.98 Å². The van der Waals surface area contributed by atoms with Crippen molar-refractivity contribution in [1.29, 1.82) is 0 Å². The van der Waals surface area contributed by atoms with E-state index in [0.717, 1.165) is 38.7 Å². The van der Waals surface area contributed by atoms with E-state index in [-0.39, 0.29) is 29.9 Å². The number of halogens is 1. The number of piperazine rings is 1. The van der Waals surface area contributed by atoms with E-state index in [2.05, 4.69) is 30.2 Å². The third kappa shape index (κ3) is 6.55. The highest BCUT2D eigenvalue weighted by Crippen LogP contribution is 2.06. The number of hydrogen-bond acceptors (Lipinski definition) is 7. The lowest BCUT2D eigenvalue weighted by molar-refractivity contribution is -0.136. The standard InChI is InChI=1S/C17H29N7O3.HI/c1-3-18-17(19-12-15-20-14(2)27-21-15)24-6-4-22(5-7-24)13-16(25)23-8-10-26-11-9-23;/h3-13H2,1-2H3,(H,18,19);1H. The number of nitrogens with zero attached hydrogens (tertiary/aromatic N) is 6. The highest BCUT2D eigenvalue weighted by Gasteiger charge is 2.24. The molecule has 3 heterocycles. The van der Waals surface area contributed by atoms with Crippen LogP contribution in [-0.4, -0.2) is 102 Å². The predicted octanol–water partition coefficient (Wildman–Crippen LogP) is -0.0621. The summed E-state index contributed by atoms with van der Waals surface area (Å²) in [5, 5.41) is 7.20. The summed E-state index contributed by atoms with van der Waals surface area (Å²) in [7, 11) is 0. The van der Waals surface area contributed by atoms with Crippen molar-refractivity contribution in [1.82, 2.24) is 30.2 Å². The molecular weight excluding hydrogens is 477 g/mol. The Kier molecular flexibility index (Phi) is 9.38. The molecule has 0 radical (unpaired) electrons. The van der Waals surface area contributed by atoms with Gasteiger partial charge in [0.15, 0.2) is 11.8 Å². The molecular formula is C17H30IN7O3. The van der Waals surface area contributed by atoms with Crippen molar-refractivity contribution in [2.45, 2.75) is 20.4 Å². The molecule has 0 unspecified atom stereocenters. The number of morpholine rings is 1. The van der Waals surface area contributed by atoms with Crippen molar-refractivity contribution >= 4 is 35.8 Å².